The van der Waals surface area contributed by atoms with E-state index >= 15 is 0 Å². The van der Waals surface area contributed by atoms with Gasteiger partial charge in [-0.05, 0) is 31.5 Å². The molecular formula is C11H15N3O. The summed E-state index contributed by atoms with van der Waals surface area (Å²) in [6.07, 6.45) is 4.52. The molecular weight excluding hydrogens is 190 g/mol. The van der Waals surface area contributed by atoms with Crippen LogP contribution in [0.15, 0.2) is 29.3 Å². The fourth-order valence-corrected chi connectivity index (χ4v) is 1.61. The largest absolute Gasteiger partial charge is 0.330 e. The molecule has 0 aliphatic heterocycles. The van der Waals surface area contributed by atoms with E-state index in [1.807, 2.05) is 0 Å². The second kappa shape index (κ2) is 3.90. The Hall–Kier alpha value is -1.55. The van der Waals surface area contributed by atoms with Crippen LogP contribution < -0.4 is 11.3 Å². The zero-order valence-electron chi connectivity index (χ0n) is 11.3. The van der Waals surface area contributed by atoms with Gasteiger partial charge in [-0.15, -0.1) is 0 Å². The average Bonchev–Trinajstić information content (AvgIpc) is 2.72. The van der Waals surface area contributed by atoms with Crippen LogP contribution in [0.4, 0.5) is 0 Å². The van der Waals surface area contributed by atoms with Crippen molar-refractivity contribution >= 4 is 5.52 Å². The van der Waals surface area contributed by atoms with Crippen LogP contribution in [0.25, 0.3) is 5.52 Å². The summed E-state index contributed by atoms with van der Waals surface area (Å²) in [6.45, 7) is -2.01. The molecule has 0 atom stereocenters. The summed E-state index contributed by atoms with van der Waals surface area (Å²) in [4.78, 5) is 12.2. The zero-order valence-corrected chi connectivity index (χ0v) is 8.31. The first kappa shape index (κ1) is 6.85. The van der Waals surface area contributed by atoms with Crippen LogP contribution in [0.1, 0.15) is 16.2 Å². The Balaban J connectivity index is 2.69. The molecule has 2 N–H and O–H groups in total. The lowest BCUT2D eigenvalue weighted by molar-refractivity contribution is 0.715. The van der Waals surface area contributed by atoms with E-state index in [4.69, 9.17) is 9.85 Å². The van der Waals surface area contributed by atoms with E-state index in [2.05, 4.69) is 0 Å². The highest BCUT2D eigenvalue weighted by Crippen LogP contribution is 2.04. The fraction of sp³-hybridized carbons (Fsp3) is 0.364. The predicted octanol–water partition coefficient (Wildman–Crippen LogP) is 0.529. The molecule has 2 aromatic heterocycles. The van der Waals surface area contributed by atoms with E-state index < -0.39 is 12.5 Å². The molecule has 80 valence electrons. The van der Waals surface area contributed by atoms with Crippen molar-refractivity contribution in [1.82, 2.24) is 8.97 Å². The summed E-state index contributed by atoms with van der Waals surface area (Å²) in [7, 11) is 0. The maximum absolute atomic E-state index is 12.2. The maximum Gasteiger partial charge on any atom is 0.274 e. The van der Waals surface area contributed by atoms with Gasteiger partial charge in [0.1, 0.15) is 5.52 Å². The first-order valence-corrected chi connectivity index (χ1v) is 4.87. The van der Waals surface area contributed by atoms with E-state index in [1.165, 1.54) is 0 Å². The molecule has 0 radical (unpaired) electrons. The third-order valence-corrected chi connectivity index (χ3v) is 2.41. The summed E-state index contributed by atoms with van der Waals surface area (Å²) in [6, 6.07) is 3.32. The van der Waals surface area contributed by atoms with E-state index in [0.29, 0.717) is 30.6 Å². The van der Waals surface area contributed by atoms with Crippen molar-refractivity contribution in [2.24, 2.45) is 12.7 Å². The van der Waals surface area contributed by atoms with Crippen LogP contribution >= 0.6 is 0 Å². The number of hydrogen-bond acceptors (Lipinski definition) is 2. The average molecular weight is 208 g/mol. The summed E-state index contributed by atoms with van der Waals surface area (Å²) in [5.74, 6) is 0. The van der Waals surface area contributed by atoms with Gasteiger partial charge in [0, 0.05) is 29.2 Å². The van der Waals surface area contributed by atoms with Crippen LogP contribution in [-0.4, -0.2) is 15.5 Å². The standard InChI is InChI=1S/C11H15N3O/c1-13-9(4-2-6-12)8-14-7-3-5-10(14)11(13)15/h3,5,7-8H,2,4,6,12H2,1H3/i1D3. The van der Waals surface area contributed by atoms with Crippen LogP contribution in [-0.2, 0) is 13.4 Å². The van der Waals surface area contributed by atoms with Crippen molar-refractivity contribution in [2.75, 3.05) is 6.54 Å². The lowest BCUT2D eigenvalue weighted by Crippen LogP contribution is -2.22. The lowest BCUT2D eigenvalue weighted by atomic mass is 10.2. The molecule has 0 unspecified atom stereocenters. The second-order valence-corrected chi connectivity index (χ2v) is 3.45. The molecule has 0 aliphatic carbocycles. The Morgan fingerprint density at radius 2 is 2.47 bits per heavy atom. The molecule has 15 heavy (non-hydrogen) atoms. The van der Waals surface area contributed by atoms with Crippen molar-refractivity contribution in [3.63, 3.8) is 0 Å². The lowest BCUT2D eigenvalue weighted by Gasteiger charge is -2.08. The van der Waals surface area contributed by atoms with Gasteiger partial charge in [0.25, 0.3) is 5.56 Å². The van der Waals surface area contributed by atoms with Gasteiger partial charge in [0.2, 0.25) is 0 Å². The van der Waals surface area contributed by atoms with E-state index in [9.17, 15) is 4.79 Å². The Morgan fingerprint density at radius 3 is 3.20 bits per heavy atom. The molecule has 4 heteroatoms. The smallest absolute Gasteiger partial charge is 0.274 e. The molecule has 0 spiro atoms. The Bertz CT molecular complexity index is 612. The number of hydrogen-bond donors (Lipinski definition) is 1. The zero-order chi connectivity index (χ0) is 13.3. The van der Waals surface area contributed by atoms with Crippen LogP contribution in [0.3, 0.4) is 0 Å². The molecule has 0 aliphatic rings. The van der Waals surface area contributed by atoms with Gasteiger partial charge in [0.15, 0.2) is 0 Å². The highest BCUT2D eigenvalue weighted by Gasteiger charge is 2.04. The molecule has 0 saturated heterocycles. The van der Waals surface area contributed by atoms with Crippen LogP contribution in [0.2, 0.25) is 0 Å². The predicted molar refractivity (Wildman–Crippen MR) is 60.0 cm³/mol. The SMILES string of the molecule is [2H]C([2H])([2H])n1c(CCCN)cn2cccc2c1=O. The van der Waals surface area contributed by atoms with Crippen molar-refractivity contribution in [2.45, 2.75) is 12.8 Å². The van der Waals surface area contributed by atoms with Gasteiger partial charge >= 0.3 is 0 Å². The molecule has 4 nitrogen and oxygen atoms in total. The molecule has 2 heterocycles. The number of rotatable bonds is 3. The summed E-state index contributed by atoms with van der Waals surface area (Å²) >= 11 is 0. The Morgan fingerprint density at radius 1 is 1.60 bits per heavy atom. The van der Waals surface area contributed by atoms with Crippen LogP contribution in [0.5, 0.6) is 0 Å². The Labute approximate surface area is 92.2 Å². The van der Waals surface area contributed by atoms with Gasteiger partial charge in [-0.3, -0.25) is 4.79 Å². The van der Waals surface area contributed by atoms with Crippen molar-refractivity contribution < 1.29 is 4.11 Å². The topological polar surface area (TPSA) is 52.4 Å². The second-order valence-electron chi connectivity index (χ2n) is 3.45. The molecule has 0 amide bonds. The molecule has 0 bridgehead atoms. The first-order valence-electron chi connectivity index (χ1n) is 6.37. The minimum Gasteiger partial charge on any atom is -0.330 e. The highest BCUT2D eigenvalue weighted by atomic mass is 16.1. The number of nitrogens with zero attached hydrogens (tertiary/aromatic N) is 2. The van der Waals surface area contributed by atoms with Gasteiger partial charge < -0.3 is 14.7 Å². The van der Waals surface area contributed by atoms with Gasteiger partial charge in [-0.25, -0.2) is 0 Å². The van der Waals surface area contributed by atoms with E-state index in [1.54, 1.807) is 28.9 Å². The monoisotopic (exact) mass is 208 g/mol. The highest BCUT2D eigenvalue weighted by molar-refractivity contribution is 5.45. The molecule has 0 saturated carbocycles. The maximum atomic E-state index is 12.2. The number of fused-ring (bicyclic) bond motifs is 1. The summed E-state index contributed by atoms with van der Waals surface area (Å²) in [5.41, 5.74) is 5.78. The van der Waals surface area contributed by atoms with Crippen molar-refractivity contribution in [3.8, 4) is 0 Å². The molecule has 2 aromatic rings. The summed E-state index contributed by atoms with van der Waals surface area (Å²) in [5, 5.41) is 0. The van der Waals surface area contributed by atoms with E-state index in [-0.39, 0.29) is 0 Å². The molecule has 0 fully saturated rings. The molecule has 2 rings (SSSR count). The van der Waals surface area contributed by atoms with Crippen molar-refractivity contribution in [1.29, 1.82) is 0 Å². The van der Waals surface area contributed by atoms with Gasteiger partial charge in [-0.1, -0.05) is 0 Å². The molecule has 0 aromatic carbocycles. The third kappa shape index (κ3) is 1.68. The van der Waals surface area contributed by atoms with Crippen LogP contribution in [0, 0.1) is 0 Å². The minimum absolute atomic E-state index is 0.364. The summed E-state index contributed by atoms with van der Waals surface area (Å²) < 4.78 is 25.0. The Kier molecular flexibility index (Phi) is 1.78. The normalized spacial score (nSPS) is 14.9. The quantitative estimate of drug-likeness (QED) is 0.800. The number of aryl methyl sites for hydroxylation is 1. The van der Waals surface area contributed by atoms with Gasteiger partial charge in [0.05, 0.1) is 0 Å². The third-order valence-electron chi connectivity index (χ3n) is 2.41. The number of aromatic nitrogens is 2. The van der Waals surface area contributed by atoms with Crippen molar-refractivity contribution in [3.05, 3.63) is 40.6 Å². The fourth-order valence-electron chi connectivity index (χ4n) is 1.61. The number of nitrogens with two attached hydrogens (primary N) is 1. The van der Waals surface area contributed by atoms with E-state index in [0.717, 1.165) is 4.57 Å². The first-order chi connectivity index (χ1) is 8.45. The minimum atomic E-state index is -2.47. The van der Waals surface area contributed by atoms with Gasteiger partial charge in [-0.2, -0.15) is 0 Å².